The highest BCUT2D eigenvalue weighted by atomic mass is 16.5. The van der Waals surface area contributed by atoms with Gasteiger partial charge >= 0.3 is 0 Å². The molecule has 0 N–H and O–H groups in total. The summed E-state index contributed by atoms with van der Waals surface area (Å²) in [6.07, 6.45) is 8.89. The summed E-state index contributed by atoms with van der Waals surface area (Å²) in [5.74, 6) is 0.384. The molecule has 0 radical (unpaired) electrons. The van der Waals surface area contributed by atoms with Gasteiger partial charge in [-0.3, -0.25) is 9.59 Å². The number of piperidine rings is 1. The van der Waals surface area contributed by atoms with Gasteiger partial charge in [0, 0.05) is 32.8 Å². The summed E-state index contributed by atoms with van der Waals surface area (Å²) >= 11 is 0. The van der Waals surface area contributed by atoms with Gasteiger partial charge in [0.05, 0.1) is 6.10 Å². The van der Waals surface area contributed by atoms with Gasteiger partial charge in [-0.05, 0) is 69.9 Å². The molecule has 1 aromatic carbocycles. The van der Waals surface area contributed by atoms with Crippen LogP contribution in [0.2, 0.25) is 0 Å². The average Bonchev–Trinajstić information content (AvgIpc) is 3.52. The molecule has 1 aromatic rings. The van der Waals surface area contributed by atoms with Crippen LogP contribution >= 0.6 is 0 Å². The highest BCUT2D eigenvalue weighted by molar-refractivity contribution is 6.00. The summed E-state index contributed by atoms with van der Waals surface area (Å²) in [5, 5.41) is 0. The number of amides is 2. The van der Waals surface area contributed by atoms with Gasteiger partial charge in [0.15, 0.2) is 0 Å². The first-order valence-electron chi connectivity index (χ1n) is 12.7. The van der Waals surface area contributed by atoms with Crippen molar-refractivity contribution in [2.75, 3.05) is 39.3 Å². The SMILES string of the molecule is O=C1C2CCCN2C(=O)C2(CCN(CCCCc3ccccc3)CC2)N1CC1CCCO1. The Bertz CT molecular complexity index is 800. The first-order chi connectivity index (χ1) is 15.7. The summed E-state index contributed by atoms with van der Waals surface area (Å²) in [7, 11) is 0. The lowest BCUT2D eigenvalue weighted by molar-refractivity contribution is -0.174. The van der Waals surface area contributed by atoms with Crippen LogP contribution in [0.3, 0.4) is 0 Å². The minimum atomic E-state index is -0.648. The van der Waals surface area contributed by atoms with Crippen LogP contribution in [0.4, 0.5) is 0 Å². The molecule has 0 aliphatic carbocycles. The van der Waals surface area contributed by atoms with Crippen molar-refractivity contribution in [3.05, 3.63) is 35.9 Å². The van der Waals surface area contributed by atoms with Crippen LogP contribution in [0, 0.1) is 0 Å². The second-order valence-electron chi connectivity index (χ2n) is 10.1. The minimum absolute atomic E-state index is 0.0904. The molecular formula is C26H37N3O3. The van der Waals surface area contributed by atoms with Crippen molar-refractivity contribution >= 4 is 11.8 Å². The first-order valence-corrected chi connectivity index (χ1v) is 12.7. The topological polar surface area (TPSA) is 53.1 Å². The maximum atomic E-state index is 13.7. The molecule has 32 heavy (non-hydrogen) atoms. The standard InChI is InChI=1S/C26H37N3O3/c30-24-23-12-6-16-28(23)25(31)26(29(24)20-22-11-7-19-32-22)13-17-27(18-14-26)15-5-4-10-21-8-2-1-3-9-21/h1-3,8-9,22-23H,4-7,10-20H2. The van der Waals surface area contributed by atoms with Crippen LogP contribution in [0.25, 0.3) is 0 Å². The number of ether oxygens (including phenoxy) is 1. The third-order valence-electron chi connectivity index (χ3n) is 8.11. The number of hydrogen-bond donors (Lipinski definition) is 0. The number of rotatable bonds is 7. The van der Waals surface area contributed by atoms with Crippen molar-refractivity contribution in [3.63, 3.8) is 0 Å². The van der Waals surface area contributed by atoms with Gasteiger partial charge in [0.25, 0.3) is 0 Å². The van der Waals surface area contributed by atoms with Crippen LogP contribution in [-0.2, 0) is 20.7 Å². The molecule has 4 fully saturated rings. The van der Waals surface area contributed by atoms with Crippen molar-refractivity contribution in [3.8, 4) is 0 Å². The Kier molecular flexibility index (Phi) is 6.51. The number of aryl methyl sites for hydroxylation is 1. The molecule has 2 unspecified atom stereocenters. The maximum absolute atomic E-state index is 13.7. The fourth-order valence-corrected chi connectivity index (χ4v) is 6.24. The van der Waals surface area contributed by atoms with E-state index >= 15 is 0 Å². The normalized spacial score (nSPS) is 28.0. The lowest BCUT2D eigenvalue weighted by Crippen LogP contribution is -2.73. The molecule has 4 heterocycles. The Labute approximate surface area is 191 Å². The Morgan fingerprint density at radius 3 is 2.53 bits per heavy atom. The monoisotopic (exact) mass is 439 g/mol. The smallest absolute Gasteiger partial charge is 0.249 e. The number of benzene rings is 1. The fourth-order valence-electron chi connectivity index (χ4n) is 6.24. The minimum Gasteiger partial charge on any atom is -0.376 e. The number of piperazine rings is 1. The Hall–Kier alpha value is -1.92. The second-order valence-corrected chi connectivity index (χ2v) is 10.1. The van der Waals surface area contributed by atoms with Crippen molar-refractivity contribution in [1.82, 2.24) is 14.7 Å². The summed E-state index contributed by atoms with van der Waals surface area (Å²) in [6.45, 7) is 4.97. The summed E-state index contributed by atoms with van der Waals surface area (Å²) in [4.78, 5) is 33.6. The van der Waals surface area contributed by atoms with Crippen LogP contribution in [0.1, 0.15) is 56.9 Å². The fraction of sp³-hybridized carbons (Fsp3) is 0.692. The second kappa shape index (κ2) is 9.52. The number of likely N-dealkylation sites (tertiary alicyclic amines) is 1. The van der Waals surface area contributed by atoms with E-state index in [4.69, 9.17) is 4.74 Å². The zero-order valence-electron chi connectivity index (χ0n) is 19.2. The Balaban J connectivity index is 1.21. The quantitative estimate of drug-likeness (QED) is 0.613. The molecule has 6 nitrogen and oxygen atoms in total. The molecule has 2 atom stereocenters. The van der Waals surface area contributed by atoms with Crippen LogP contribution in [0.5, 0.6) is 0 Å². The van der Waals surface area contributed by atoms with Crippen molar-refractivity contribution in [2.24, 2.45) is 0 Å². The molecule has 0 bridgehead atoms. The van der Waals surface area contributed by atoms with E-state index in [2.05, 4.69) is 35.2 Å². The van der Waals surface area contributed by atoms with Crippen molar-refractivity contribution in [2.45, 2.75) is 75.5 Å². The van der Waals surface area contributed by atoms with Crippen LogP contribution in [0.15, 0.2) is 30.3 Å². The number of hydrogen-bond acceptors (Lipinski definition) is 4. The van der Waals surface area contributed by atoms with Gasteiger partial charge in [-0.25, -0.2) is 0 Å². The zero-order valence-corrected chi connectivity index (χ0v) is 19.2. The summed E-state index contributed by atoms with van der Waals surface area (Å²) < 4.78 is 5.88. The summed E-state index contributed by atoms with van der Waals surface area (Å²) in [6, 6.07) is 10.4. The highest BCUT2D eigenvalue weighted by Crippen LogP contribution is 2.40. The molecule has 1 spiro atoms. The van der Waals surface area contributed by atoms with E-state index < -0.39 is 5.54 Å². The van der Waals surface area contributed by atoms with Gasteiger partial charge in [0.2, 0.25) is 11.8 Å². The lowest BCUT2D eigenvalue weighted by atomic mass is 9.80. The lowest BCUT2D eigenvalue weighted by Gasteiger charge is -2.54. The van der Waals surface area contributed by atoms with E-state index in [1.807, 2.05) is 9.80 Å². The number of unbranched alkanes of at least 4 members (excludes halogenated alkanes) is 1. The predicted molar refractivity (Wildman–Crippen MR) is 123 cm³/mol. The van der Waals surface area contributed by atoms with Crippen LogP contribution in [-0.4, -0.2) is 83.5 Å². The van der Waals surface area contributed by atoms with Gasteiger partial charge in [-0.15, -0.1) is 0 Å². The number of carbonyl (C=O) groups is 2. The largest absolute Gasteiger partial charge is 0.376 e. The van der Waals surface area contributed by atoms with Gasteiger partial charge in [-0.1, -0.05) is 30.3 Å². The number of fused-ring (bicyclic) bond motifs is 1. The molecule has 174 valence electrons. The summed E-state index contributed by atoms with van der Waals surface area (Å²) in [5.41, 5.74) is 0.756. The predicted octanol–water partition coefficient (Wildman–Crippen LogP) is 2.86. The van der Waals surface area contributed by atoms with Gasteiger partial charge in [-0.2, -0.15) is 0 Å². The zero-order chi connectivity index (χ0) is 22.0. The Morgan fingerprint density at radius 1 is 0.969 bits per heavy atom. The van der Waals surface area contributed by atoms with E-state index in [0.29, 0.717) is 6.54 Å². The molecular weight excluding hydrogens is 402 g/mol. The molecule has 5 rings (SSSR count). The van der Waals surface area contributed by atoms with E-state index in [1.54, 1.807) is 0 Å². The van der Waals surface area contributed by atoms with Crippen molar-refractivity contribution in [1.29, 1.82) is 0 Å². The van der Waals surface area contributed by atoms with Gasteiger partial charge in [0.1, 0.15) is 11.6 Å². The molecule has 0 aromatic heterocycles. The maximum Gasteiger partial charge on any atom is 0.249 e. The molecule has 4 aliphatic heterocycles. The number of carbonyl (C=O) groups excluding carboxylic acids is 2. The third kappa shape index (κ3) is 4.19. The molecule has 2 amide bonds. The third-order valence-corrected chi connectivity index (χ3v) is 8.11. The van der Waals surface area contributed by atoms with E-state index in [0.717, 1.165) is 77.7 Å². The first kappa shape index (κ1) is 21.9. The van der Waals surface area contributed by atoms with E-state index in [1.165, 1.54) is 18.4 Å². The molecule has 0 saturated carbocycles. The number of nitrogens with zero attached hydrogens (tertiary/aromatic N) is 3. The van der Waals surface area contributed by atoms with Crippen LogP contribution < -0.4 is 0 Å². The van der Waals surface area contributed by atoms with Crippen molar-refractivity contribution < 1.29 is 14.3 Å². The highest BCUT2D eigenvalue weighted by Gasteiger charge is 2.58. The van der Waals surface area contributed by atoms with Gasteiger partial charge < -0.3 is 19.4 Å². The average molecular weight is 440 g/mol. The Morgan fingerprint density at radius 2 is 1.78 bits per heavy atom. The molecule has 6 heteroatoms. The molecule has 4 saturated heterocycles. The molecule has 4 aliphatic rings. The van der Waals surface area contributed by atoms with E-state index in [-0.39, 0.29) is 24.0 Å². The van der Waals surface area contributed by atoms with E-state index in [9.17, 15) is 9.59 Å².